The number of phenols is 1. The van der Waals surface area contributed by atoms with Gasteiger partial charge in [-0.25, -0.2) is 0 Å². The first-order valence-corrected chi connectivity index (χ1v) is 6.15. The van der Waals surface area contributed by atoms with Crippen LogP contribution in [0.4, 0.5) is 0 Å². The maximum absolute atomic E-state index is 11.9. The van der Waals surface area contributed by atoms with E-state index in [0.29, 0.717) is 11.7 Å². The van der Waals surface area contributed by atoms with Gasteiger partial charge in [-0.15, -0.1) is 0 Å². The Morgan fingerprint density at radius 2 is 2.24 bits per heavy atom. The predicted octanol–water partition coefficient (Wildman–Crippen LogP) is 2.36. The topological polar surface area (TPSA) is 40.5 Å². The van der Waals surface area contributed by atoms with Crippen LogP contribution in [0.15, 0.2) is 24.3 Å². The van der Waals surface area contributed by atoms with Gasteiger partial charge in [-0.1, -0.05) is 26.0 Å². The maximum Gasteiger partial charge on any atom is 0.225 e. The van der Waals surface area contributed by atoms with Crippen molar-refractivity contribution >= 4 is 5.91 Å². The lowest BCUT2D eigenvalue weighted by Gasteiger charge is -2.18. The number of likely N-dealkylation sites (tertiary alicyclic amines) is 1. The summed E-state index contributed by atoms with van der Waals surface area (Å²) in [4.78, 5) is 13.8. The van der Waals surface area contributed by atoms with Gasteiger partial charge in [0.1, 0.15) is 5.75 Å². The van der Waals surface area contributed by atoms with Crippen molar-refractivity contribution in [3.8, 4) is 5.75 Å². The molecule has 0 radical (unpaired) electrons. The lowest BCUT2D eigenvalue weighted by molar-refractivity contribution is -0.133. The van der Waals surface area contributed by atoms with Crippen molar-refractivity contribution in [2.45, 2.75) is 26.2 Å². The van der Waals surface area contributed by atoms with Gasteiger partial charge in [-0.05, 0) is 24.1 Å². The molecule has 1 saturated heterocycles. The molecule has 1 N–H and O–H groups in total. The van der Waals surface area contributed by atoms with Crippen LogP contribution in [0.1, 0.15) is 31.7 Å². The molecule has 0 aromatic heterocycles. The maximum atomic E-state index is 11.9. The Balaban J connectivity index is 2.05. The van der Waals surface area contributed by atoms with Gasteiger partial charge >= 0.3 is 0 Å². The number of carbonyl (C=O) groups is 1. The van der Waals surface area contributed by atoms with E-state index in [1.807, 2.05) is 30.9 Å². The minimum absolute atomic E-state index is 0.0675. The van der Waals surface area contributed by atoms with Crippen molar-refractivity contribution < 1.29 is 9.90 Å². The summed E-state index contributed by atoms with van der Waals surface area (Å²) in [5.41, 5.74) is 1.13. The van der Waals surface area contributed by atoms with E-state index < -0.39 is 0 Å². The minimum Gasteiger partial charge on any atom is -0.508 e. The van der Waals surface area contributed by atoms with Crippen LogP contribution in [0.25, 0.3) is 0 Å². The smallest absolute Gasteiger partial charge is 0.225 e. The molecule has 3 nitrogen and oxygen atoms in total. The standard InChI is InChI=1S/C14H19NO2/c1-10(2)14(17)15-7-6-12(9-15)11-4-3-5-13(16)8-11/h3-5,8,10,12,16H,6-7,9H2,1-2H3. The second-order valence-corrected chi connectivity index (χ2v) is 5.02. The van der Waals surface area contributed by atoms with Crippen LogP contribution in [-0.2, 0) is 4.79 Å². The monoisotopic (exact) mass is 233 g/mol. The van der Waals surface area contributed by atoms with E-state index >= 15 is 0 Å². The van der Waals surface area contributed by atoms with Gasteiger partial charge in [0.2, 0.25) is 5.91 Å². The van der Waals surface area contributed by atoms with Crippen LogP contribution in [0.5, 0.6) is 5.75 Å². The van der Waals surface area contributed by atoms with Crippen LogP contribution in [0.3, 0.4) is 0 Å². The summed E-state index contributed by atoms with van der Waals surface area (Å²) >= 11 is 0. The highest BCUT2D eigenvalue weighted by molar-refractivity contribution is 5.78. The van der Waals surface area contributed by atoms with E-state index in [1.165, 1.54) is 0 Å². The highest BCUT2D eigenvalue weighted by Crippen LogP contribution is 2.29. The quantitative estimate of drug-likeness (QED) is 0.852. The number of nitrogens with zero attached hydrogens (tertiary/aromatic N) is 1. The molecular weight excluding hydrogens is 214 g/mol. The Hall–Kier alpha value is -1.51. The van der Waals surface area contributed by atoms with Gasteiger partial charge in [0.25, 0.3) is 0 Å². The Morgan fingerprint density at radius 1 is 1.47 bits per heavy atom. The first kappa shape index (κ1) is 12.0. The van der Waals surface area contributed by atoms with Crippen molar-refractivity contribution in [3.05, 3.63) is 29.8 Å². The molecule has 0 saturated carbocycles. The molecule has 1 aromatic carbocycles. The van der Waals surface area contributed by atoms with E-state index in [2.05, 4.69) is 0 Å². The van der Waals surface area contributed by atoms with Gasteiger partial charge in [0, 0.05) is 24.9 Å². The fourth-order valence-electron chi connectivity index (χ4n) is 2.38. The summed E-state index contributed by atoms with van der Waals surface area (Å²) in [6, 6.07) is 7.36. The van der Waals surface area contributed by atoms with E-state index in [-0.39, 0.29) is 11.8 Å². The zero-order valence-electron chi connectivity index (χ0n) is 10.4. The third-order valence-corrected chi connectivity index (χ3v) is 3.34. The van der Waals surface area contributed by atoms with Crippen molar-refractivity contribution in [1.29, 1.82) is 0 Å². The molecule has 0 spiro atoms. The molecule has 1 aliphatic rings. The average molecular weight is 233 g/mol. The SMILES string of the molecule is CC(C)C(=O)N1CCC(c2cccc(O)c2)C1. The lowest BCUT2D eigenvalue weighted by atomic mass is 9.98. The van der Waals surface area contributed by atoms with E-state index in [1.54, 1.807) is 12.1 Å². The van der Waals surface area contributed by atoms with Crippen molar-refractivity contribution in [2.75, 3.05) is 13.1 Å². The van der Waals surface area contributed by atoms with E-state index in [9.17, 15) is 9.90 Å². The fraction of sp³-hybridized carbons (Fsp3) is 0.500. The molecule has 0 aliphatic carbocycles. The number of hydrogen-bond donors (Lipinski definition) is 1. The molecule has 1 aliphatic heterocycles. The minimum atomic E-state index is 0.0675. The summed E-state index contributed by atoms with van der Waals surface area (Å²) in [6.07, 6.45) is 0.988. The molecule has 2 rings (SSSR count). The van der Waals surface area contributed by atoms with E-state index in [0.717, 1.165) is 25.1 Å². The summed E-state index contributed by atoms with van der Waals surface area (Å²) in [6.45, 7) is 5.48. The van der Waals surface area contributed by atoms with Crippen molar-refractivity contribution in [3.63, 3.8) is 0 Å². The molecule has 0 bridgehead atoms. The molecule has 1 aromatic rings. The Bertz CT molecular complexity index is 414. The van der Waals surface area contributed by atoms with Crippen LogP contribution in [-0.4, -0.2) is 29.0 Å². The first-order chi connectivity index (χ1) is 8.08. The van der Waals surface area contributed by atoms with Gasteiger partial charge in [-0.2, -0.15) is 0 Å². The molecule has 1 amide bonds. The Kier molecular flexibility index (Phi) is 3.36. The van der Waals surface area contributed by atoms with Crippen molar-refractivity contribution in [2.24, 2.45) is 5.92 Å². The summed E-state index contributed by atoms with van der Waals surface area (Å²) in [5.74, 6) is 0.964. The van der Waals surface area contributed by atoms with Gasteiger partial charge < -0.3 is 10.0 Å². The molecule has 3 heteroatoms. The number of benzene rings is 1. The average Bonchev–Trinajstić information content (AvgIpc) is 2.77. The molecule has 1 heterocycles. The zero-order chi connectivity index (χ0) is 12.4. The fourth-order valence-corrected chi connectivity index (χ4v) is 2.38. The first-order valence-electron chi connectivity index (χ1n) is 6.15. The summed E-state index contributed by atoms with van der Waals surface area (Å²) in [5, 5.41) is 9.46. The van der Waals surface area contributed by atoms with Crippen LogP contribution in [0.2, 0.25) is 0 Å². The molecule has 17 heavy (non-hydrogen) atoms. The molecule has 92 valence electrons. The van der Waals surface area contributed by atoms with Gasteiger partial charge in [-0.3, -0.25) is 4.79 Å². The predicted molar refractivity (Wildman–Crippen MR) is 66.9 cm³/mol. The number of carbonyl (C=O) groups excluding carboxylic acids is 1. The molecule has 1 unspecified atom stereocenters. The number of rotatable bonds is 2. The zero-order valence-corrected chi connectivity index (χ0v) is 10.4. The second kappa shape index (κ2) is 4.78. The van der Waals surface area contributed by atoms with Crippen LogP contribution >= 0.6 is 0 Å². The number of aromatic hydroxyl groups is 1. The lowest BCUT2D eigenvalue weighted by Crippen LogP contribution is -2.31. The largest absolute Gasteiger partial charge is 0.508 e. The molecule has 1 atom stereocenters. The van der Waals surface area contributed by atoms with Gasteiger partial charge in [0.15, 0.2) is 0 Å². The normalized spacial score (nSPS) is 19.9. The van der Waals surface area contributed by atoms with Crippen molar-refractivity contribution in [1.82, 2.24) is 4.90 Å². The molecule has 1 fully saturated rings. The second-order valence-electron chi connectivity index (χ2n) is 5.02. The Morgan fingerprint density at radius 3 is 2.88 bits per heavy atom. The Labute approximate surface area is 102 Å². The highest BCUT2D eigenvalue weighted by Gasteiger charge is 2.28. The van der Waals surface area contributed by atoms with E-state index in [4.69, 9.17) is 0 Å². The number of hydrogen-bond acceptors (Lipinski definition) is 2. The van der Waals surface area contributed by atoms with Crippen LogP contribution in [0, 0.1) is 5.92 Å². The molecular formula is C14H19NO2. The highest BCUT2D eigenvalue weighted by atomic mass is 16.3. The number of phenolic OH excluding ortho intramolecular Hbond substituents is 1. The van der Waals surface area contributed by atoms with Gasteiger partial charge in [0.05, 0.1) is 0 Å². The third-order valence-electron chi connectivity index (χ3n) is 3.34. The number of amides is 1. The summed E-state index contributed by atoms with van der Waals surface area (Å²) < 4.78 is 0. The van der Waals surface area contributed by atoms with Crippen LogP contribution < -0.4 is 0 Å². The summed E-state index contributed by atoms with van der Waals surface area (Å²) in [7, 11) is 0. The third kappa shape index (κ3) is 2.60.